The van der Waals surface area contributed by atoms with Crippen LogP contribution in [0.25, 0.3) is 0 Å². The number of hydrogen-bond donors (Lipinski definition) is 1. The smallest absolute Gasteiger partial charge is 0.145 e. The highest BCUT2D eigenvalue weighted by molar-refractivity contribution is 5.61. The summed E-state index contributed by atoms with van der Waals surface area (Å²) in [6.45, 7) is 10.0. The van der Waals surface area contributed by atoms with Crippen LogP contribution in [0.2, 0.25) is 0 Å². The summed E-state index contributed by atoms with van der Waals surface area (Å²) in [5.41, 5.74) is 4.56. The molecule has 0 fully saturated rings. The normalized spacial score (nSPS) is 11.1. The fourth-order valence-electron chi connectivity index (χ4n) is 2.41. The molecule has 0 amide bonds. The molecule has 22 heavy (non-hydrogen) atoms. The number of phenols is 1. The summed E-state index contributed by atoms with van der Waals surface area (Å²) < 4.78 is 0. The van der Waals surface area contributed by atoms with Crippen molar-refractivity contribution < 1.29 is 5.11 Å². The summed E-state index contributed by atoms with van der Waals surface area (Å²) in [5.74, 6) is 0.151. The Morgan fingerprint density at radius 3 is 2.14 bits per heavy atom. The maximum absolute atomic E-state index is 10.1. The lowest BCUT2D eigenvalue weighted by molar-refractivity contribution is 0.476. The van der Waals surface area contributed by atoms with Crippen LogP contribution in [0.15, 0.2) is 46.6 Å². The van der Waals surface area contributed by atoms with Crippen molar-refractivity contribution in [3.05, 3.63) is 47.5 Å². The quantitative estimate of drug-likeness (QED) is 0.764. The predicted octanol–water partition coefficient (Wildman–Crippen LogP) is 5.27. The van der Waals surface area contributed by atoms with Crippen molar-refractivity contribution in [2.45, 2.75) is 27.7 Å². The van der Waals surface area contributed by atoms with Crippen LogP contribution in [0.1, 0.15) is 25.0 Å². The number of aryl methyl sites for hydroxylation is 2. The summed E-state index contributed by atoms with van der Waals surface area (Å²) in [6, 6.07) is 11.5. The Labute approximate surface area is 132 Å². The summed E-state index contributed by atoms with van der Waals surface area (Å²) in [4.78, 5) is 2.17. The third-order valence-corrected chi connectivity index (χ3v) is 3.71. The van der Waals surface area contributed by atoms with Crippen molar-refractivity contribution in [2.24, 2.45) is 10.2 Å². The van der Waals surface area contributed by atoms with Gasteiger partial charge in [0.2, 0.25) is 0 Å². The third kappa shape index (κ3) is 3.64. The number of aromatic hydroxyl groups is 1. The van der Waals surface area contributed by atoms with E-state index in [-0.39, 0.29) is 5.75 Å². The van der Waals surface area contributed by atoms with Crippen molar-refractivity contribution in [3.63, 3.8) is 0 Å². The molecule has 0 aromatic heterocycles. The van der Waals surface area contributed by atoms with Gasteiger partial charge in [0.25, 0.3) is 0 Å². The van der Waals surface area contributed by atoms with Crippen LogP contribution in [0.3, 0.4) is 0 Å². The Balaban J connectivity index is 2.24. The van der Waals surface area contributed by atoms with Gasteiger partial charge in [-0.25, -0.2) is 0 Å². The fourth-order valence-corrected chi connectivity index (χ4v) is 2.41. The van der Waals surface area contributed by atoms with Gasteiger partial charge in [0.1, 0.15) is 11.4 Å². The van der Waals surface area contributed by atoms with E-state index in [0.29, 0.717) is 5.69 Å². The standard InChI is InChI=1S/C18H23N3O/c1-5-21(6-2)15-8-10-17(18(22)12-15)20-19-16-9-7-13(3)11-14(16)4/h7-12,22H,5-6H2,1-4H3. The average molecular weight is 297 g/mol. The SMILES string of the molecule is CCN(CC)c1ccc(N=Nc2ccc(C)cc2C)c(O)c1. The molecule has 0 unspecified atom stereocenters. The second kappa shape index (κ2) is 7.07. The Kier molecular flexibility index (Phi) is 5.15. The molecule has 0 aliphatic carbocycles. The van der Waals surface area contributed by atoms with Gasteiger partial charge in [0, 0.05) is 24.8 Å². The molecule has 2 aromatic rings. The molecule has 4 nitrogen and oxygen atoms in total. The highest BCUT2D eigenvalue weighted by Gasteiger charge is 2.06. The molecule has 0 saturated heterocycles. The van der Waals surface area contributed by atoms with Gasteiger partial charge >= 0.3 is 0 Å². The minimum atomic E-state index is 0.151. The lowest BCUT2D eigenvalue weighted by Crippen LogP contribution is -2.21. The minimum absolute atomic E-state index is 0.151. The van der Waals surface area contributed by atoms with Crippen LogP contribution < -0.4 is 4.90 Å². The topological polar surface area (TPSA) is 48.2 Å². The third-order valence-electron chi connectivity index (χ3n) is 3.71. The van der Waals surface area contributed by atoms with E-state index < -0.39 is 0 Å². The first kappa shape index (κ1) is 16.0. The zero-order valence-electron chi connectivity index (χ0n) is 13.7. The van der Waals surface area contributed by atoms with E-state index in [2.05, 4.69) is 35.0 Å². The van der Waals surface area contributed by atoms with Crippen LogP contribution >= 0.6 is 0 Å². The Morgan fingerprint density at radius 2 is 1.55 bits per heavy atom. The van der Waals surface area contributed by atoms with Crippen molar-refractivity contribution in [1.82, 2.24) is 0 Å². The van der Waals surface area contributed by atoms with Gasteiger partial charge in [-0.1, -0.05) is 17.7 Å². The van der Waals surface area contributed by atoms with E-state index >= 15 is 0 Å². The number of rotatable bonds is 5. The number of benzene rings is 2. The predicted molar refractivity (Wildman–Crippen MR) is 91.8 cm³/mol. The number of nitrogens with zero attached hydrogens (tertiary/aromatic N) is 3. The molecule has 4 heteroatoms. The molecule has 0 atom stereocenters. The Hall–Kier alpha value is -2.36. The minimum Gasteiger partial charge on any atom is -0.506 e. The first-order valence-electron chi connectivity index (χ1n) is 7.62. The van der Waals surface area contributed by atoms with Crippen molar-refractivity contribution in [2.75, 3.05) is 18.0 Å². The first-order valence-corrected chi connectivity index (χ1v) is 7.62. The molecule has 0 radical (unpaired) electrons. The lowest BCUT2D eigenvalue weighted by atomic mass is 10.1. The highest BCUT2D eigenvalue weighted by atomic mass is 16.3. The highest BCUT2D eigenvalue weighted by Crippen LogP contribution is 2.32. The number of phenolic OH excluding ortho intramolecular Hbond substituents is 1. The van der Waals surface area contributed by atoms with Crippen LogP contribution in [-0.4, -0.2) is 18.2 Å². The molecule has 0 aliphatic heterocycles. The van der Waals surface area contributed by atoms with E-state index in [0.717, 1.165) is 30.0 Å². The van der Waals surface area contributed by atoms with Crippen molar-refractivity contribution in [3.8, 4) is 5.75 Å². The second-order valence-corrected chi connectivity index (χ2v) is 5.34. The molecular weight excluding hydrogens is 274 g/mol. The zero-order chi connectivity index (χ0) is 16.1. The average Bonchev–Trinajstić information content (AvgIpc) is 2.49. The van der Waals surface area contributed by atoms with Gasteiger partial charge in [-0.3, -0.25) is 0 Å². The largest absolute Gasteiger partial charge is 0.506 e. The van der Waals surface area contributed by atoms with Crippen molar-refractivity contribution >= 4 is 17.1 Å². The van der Waals surface area contributed by atoms with Crippen LogP contribution in [0.4, 0.5) is 17.1 Å². The molecule has 116 valence electrons. The monoisotopic (exact) mass is 297 g/mol. The summed E-state index contributed by atoms with van der Waals surface area (Å²) >= 11 is 0. The van der Waals surface area contributed by atoms with E-state index in [9.17, 15) is 5.11 Å². The van der Waals surface area contributed by atoms with E-state index in [1.165, 1.54) is 5.56 Å². The Morgan fingerprint density at radius 1 is 0.909 bits per heavy atom. The van der Waals surface area contributed by atoms with Crippen LogP contribution in [0, 0.1) is 13.8 Å². The fraction of sp³-hybridized carbons (Fsp3) is 0.333. The first-order chi connectivity index (χ1) is 10.5. The van der Waals surface area contributed by atoms with Gasteiger partial charge < -0.3 is 10.0 Å². The van der Waals surface area contributed by atoms with Gasteiger partial charge in [-0.05, 0) is 51.5 Å². The number of hydrogen-bond acceptors (Lipinski definition) is 4. The molecule has 1 N–H and O–H groups in total. The second-order valence-electron chi connectivity index (χ2n) is 5.34. The zero-order valence-corrected chi connectivity index (χ0v) is 13.7. The van der Waals surface area contributed by atoms with E-state index in [4.69, 9.17) is 0 Å². The summed E-state index contributed by atoms with van der Waals surface area (Å²) in [5, 5.41) is 18.6. The molecular formula is C18H23N3O. The maximum Gasteiger partial charge on any atom is 0.145 e. The van der Waals surface area contributed by atoms with Gasteiger partial charge in [0.15, 0.2) is 0 Å². The molecule has 0 aliphatic rings. The molecule has 2 rings (SSSR count). The molecule has 0 heterocycles. The number of anilines is 1. The molecule has 0 saturated carbocycles. The number of azo groups is 1. The Bertz CT molecular complexity index is 676. The lowest BCUT2D eigenvalue weighted by Gasteiger charge is -2.21. The van der Waals surface area contributed by atoms with E-state index in [1.54, 1.807) is 12.1 Å². The van der Waals surface area contributed by atoms with Crippen LogP contribution in [-0.2, 0) is 0 Å². The van der Waals surface area contributed by atoms with Crippen LogP contribution in [0.5, 0.6) is 5.75 Å². The summed E-state index contributed by atoms with van der Waals surface area (Å²) in [6.07, 6.45) is 0. The van der Waals surface area contributed by atoms with Gasteiger partial charge in [-0.15, -0.1) is 5.11 Å². The molecule has 0 spiro atoms. The molecule has 2 aromatic carbocycles. The summed E-state index contributed by atoms with van der Waals surface area (Å²) in [7, 11) is 0. The molecule has 0 bridgehead atoms. The van der Waals surface area contributed by atoms with E-state index in [1.807, 2.05) is 32.0 Å². The van der Waals surface area contributed by atoms with Gasteiger partial charge in [0.05, 0.1) is 5.69 Å². The van der Waals surface area contributed by atoms with Crippen molar-refractivity contribution in [1.29, 1.82) is 0 Å². The van der Waals surface area contributed by atoms with Gasteiger partial charge in [-0.2, -0.15) is 5.11 Å². The maximum atomic E-state index is 10.1.